The van der Waals surface area contributed by atoms with Gasteiger partial charge in [-0.15, -0.1) is 0 Å². The number of aliphatic hydroxyl groups excluding tert-OH is 1. The largest absolute Gasteiger partial charge is 0.399 e. The van der Waals surface area contributed by atoms with E-state index in [4.69, 9.17) is 10.8 Å². The van der Waals surface area contributed by atoms with Gasteiger partial charge in [0, 0.05) is 11.4 Å². The molecule has 0 amide bonds. The molecule has 0 aromatic heterocycles. The second-order valence-corrected chi connectivity index (χ2v) is 4.37. The number of anilines is 2. The summed E-state index contributed by atoms with van der Waals surface area (Å²) < 4.78 is 0.0416. The van der Waals surface area contributed by atoms with Crippen molar-refractivity contribution in [3.8, 4) is 0 Å². The number of alkyl halides is 1. The standard InChI is InChI=1S/C9H13IN2O/c1-6-4-7(11)2-3-8(6)12-9(10)5-13/h2-4,9,12-13H,5,11H2,1H3. The zero-order valence-corrected chi connectivity index (χ0v) is 9.58. The molecule has 1 aromatic carbocycles. The van der Waals surface area contributed by atoms with Crippen molar-refractivity contribution in [3.05, 3.63) is 23.8 Å². The van der Waals surface area contributed by atoms with Gasteiger partial charge in [-0.1, -0.05) is 22.6 Å². The minimum absolute atomic E-state index is 0.0416. The van der Waals surface area contributed by atoms with E-state index in [1.807, 2.05) is 25.1 Å². The van der Waals surface area contributed by atoms with Crippen LogP contribution in [0.15, 0.2) is 18.2 Å². The zero-order chi connectivity index (χ0) is 9.84. The van der Waals surface area contributed by atoms with Gasteiger partial charge in [-0.25, -0.2) is 0 Å². The minimum atomic E-state index is 0.0416. The maximum atomic E-state index is 8.85. The first-order valence-electron chi connectivity index (χ1n) is 4.01. The molecule has 1 unspecified atom stereocenters. The van der Waals surface area contributed by atoms with E-state index < -0.39 is 0 Å². The Bertz CT molecular complexity index is 291. The van der Waals surface area contributed by atoms with Crippen molar-refractivity contribution in [1.82, 2.24) is 0 Å². The number of halogens is 1. The van der Waals surface area contributed by atoms with E-state index in [0.29, 0.717) is 0 Å². The summed E-state index contributed by atoms with van der Waals surface area (Å²) in [6.07, 6.45) is 0. The van der Waals surface area contributed by atoms with Crippen molar-refractivity contribution in [2.75, 3.05) is 17.7 Å². The second kappa shape index (κ2) is 4.66. The zero-order valence-electron chi connectivity index (χ0n) is 7.42. The Kier molecular flexibility index (Phi) is 3.80. The molecule has 13 heavy (non-hydrogen) atoms. The van der Waals surface area contributed by atoms with Gasteiger partial charge in [-0.3, -0.25) is 0 Å². The third-order valence-electron chi connectivity index (χ3n) is 1.72. The summed E-state index contributed by atoms with van der Waals surface area (Å²) in [5.74, 6) is 0. The lowest BCUT2D eigenvalue weighted by molar-refractivity contribution is 0.306. The molecule has 4 N–H and O–H groups in total. The molecule has 72 valence electrons. The highest BCUT2D eigenvalue weighted by molar-refractivity contribution is 14.1. The predicted molar refractivity (Wildman–Crippen MR) is 64.1 cm³/mol. The second-order valence-electron chi connectivity index (χ2n) is 2.87. The highest BCUT2D eigenvalue weighted by atomic mass is 127. The van der Waals surface area contributed by atoms with Crippen LogP contribution in [0.5, 0.6) is 0 Å². The molecule has 0 aliphatic carbocycles. The van der Waals surface area contributed by atoms with Crippen molar-refractivity contribution >= 4 is 34.0 Å². The van der Waals surface area contributed by atoms with E-state index in [-0.39, 0.29) is 10.7 Å². The minimum Gasteiger partial charge on any atom is -0.399 e. The number of nitrogens with two attached hydrogens (primary N) is 1. The molecule has 4 heteroatoms. The monoisotopic (exact) mass is 292 g/mol. The molecule has 1 rings (SSSR count). The fourth-order valence-corrected chi connectivity index (χ4v) is 1.40. The number of aliphatic hydroxyl groups is 1. The molecule has 0 fully saturated rings. The van der Waals surface area contributed by atoms with Gasteiger partial charge >= 0.3 is 0 Å². The molecular formula is C9H13IN2O. The maximum absolute atomic E-state index is 8.85. The fraction of sp³-hybridized carbons (Fsp3) is 0.333. The fourth-order valence-electron chi connectivity index (χ4n) is 1.06. The van der Waals surface area contributed by atoms with Gasteiger partial charge in [-0.2, -0.15) is 0 Å². The maximum Gasteiger partial charge on any atom is 0.101 e. The quantitative estimate of drug-likeness (QED) is 0.344. The van der Waals surface area contributed by atoms with Crippen molar-refractivity contribution in [2.24, 2.45) is 0 Å². The van der Waals surface area contributed by atoms with E-state index in [1.165, 1.54) is 0 Å². The van der Waals surface area contributed by atoms with Crippen molar-refractivity contribution in [1.29, 1.82) is 0 Å². The first kappa shape index (κ1) is 10.6. The highest BCUT2D eigenvalue weighted by Gasteiger charge is 2.03. The predicted octanol–water partition coefficient (Wildman–Crippen LogP) is 1.74. The van der Waals surface area contributed by atoms with Gasteiger partial charge in [0.1, 0.15) is 4.05 Å². The summed E-state index contributed by atoms with van der Waals surface area (Å²) in [6, 6.07) is 5.67. The molecule has 0 radical (unpaired) electrons. The Balaban J connectivity index is 2.77. The van der Waals surface area contributed by atoms with Gasteiger partial charge in [0.25, 0.3) is 0 Å². The number of hydrogen-bond acceptors (Lipinski definition) is 3. The Morgan fingerprint density at radius 1 is 1.62 bits per heavy atom. The molecule has 0 aliphatic rings. The summed E-state index contributed by atoms with van der Waals surface area (Å²) in [5, 5.41) is 12.0. The number of aryl methyl sites for hydroxylation is 1. The molecular weight excluding hydrogens is 279 g/mol. The van der Waals surface area contributed by atoms with Crippen LogP contribution >= 0.6 is 22.6 Å². The topological polar surface area (TPSA) is 58.3 Å². The number of hydrogen-bond donors (Lipinski definition) is 3. The van der Waals surface area contributed by atoms with Gasteiger partial charge in [-0.05, 0) is 30.7 Å². The van der Waals surface area contributed by atoms with Gasteiger partial charge in [0.2, 0.25) is 0 Å². The van der Waals surface area contributed by atoms with Crippen LogP contribution in [0.3, 0.4) is 0 Å². The smallest absolute Gasteiger partial charge is 0.101 e. The molecule has 1 atom stereocenters. The Morgan fingerprint density at radius 2 is 2.31 bits per heavy atom. The average Bonchev–Trinajstić information content (AvgIpc) is 2.09. The van der Waals surface area contributed by atoms with Crippen LogP contribution in [0.2, 0.25) is 0 Å². The number of nitrogen functional groups attached to an aromatic ring is 1. The Morgan fingerprint density at radius 3 is 2.85 bits per heavy atom. The lowest BCUT2D eigenvalue weighted by Gasteiger charge is -2.13. The van der Waals surface area contributed by atoms with E-state index in [1.54, 1.807) is 0 Å². The van der Waals surface area contributed by atoms with Crippen LogP contribution in [0.4, 0.5) is 11.4 Å². The number of rotatable bonds is 3. The van der Waals surface area contributed by atoms with Gasteiger partial charge < -0.3 is 16.2 Å². The van der Waals surface area contributed by atoms with Crippen LogP contribution in [-0.2, 0) is 0 Å². The summed E-state index contributed by atoms with van der Waals surface area (Å²) in [5.41, 5.74) is 8.48. The highest BCUT2D eigenvalue weighted by Crippen LogP contribution is 2.19. The van der Waals surface area contributed by atoms with Crippen molar-refractivity contribution < 1.29 is 5.11 Å². The third kappa shape index (κ3) is 3.04. The average molecular weight is 292 g/mol. The Labute approximate surface area is 91.5 Å². The molecule has 0 heterocycles. The van der Waals surface area contributed by atoms with Gasteiger partial charge in [0.15, 0.2) is 0 Å². The van der Waals surface area contributed by atoms with Crippen LogP contribution in [-0.4, -0.2) is 15.8 Å². The molecule has 0 bridgehead atoms. The lowest BCUT2D eigenvalue weighted by atomic mass is 10.2. The van der Waals surface area contributed by atoms with E-state index in [9.17, 15) is 0 Å². The van der Waals surface area contributed by atoms with E-state index in [0.717, 1.165) is 16.9 Å². The van der Waals surface area contributed by atoms with Crippen LogP contribution in [0, 0.1) is 6.92 Å². The normalized spacial score (nSPS) is 12.5. The molecule has 3 nitrogen and oxygen atoms in total. The first-order valence-corrected chi connectivity index (χ1v) is 5.25. The summed E-state index contributed by atoms with van der Waals surface area (Å²) >= 11 is 2.14. The summed E-state index contributed by atoms with van der Waals surface area (Å²) in [4.78, 5) is 0. The van der Waals surface area contributed by atoms with Crippen LogP contribution < -0.4 is 11.1 Å². The van der Waals surface area contributed by atoms with Crippen molar-refractivity contribution in [2.45, 2.75) is 11.0 Å². The summed E-state index contributed by atoms with van der Waals surface area (Å²) in [6.45, 7) is 2.10. The molecule has 0 aliphatic heterocycles. The SMILES string of the molecule is Cc1cc(N)ccc1NC(I)CO. The first-order chi connectivity index (χ1) is 6.13. The molecule has 1 aromatic rings. The Hall–Kier alpha value is -0.490. The summed E-state index contributed by atoms with van der Waals surface area (Å²) in [7, 11) is 0. The third-order valence-corrected chi connectivity index (χ3v) is 2.43. The van der Waals surface area contributed by atoms with E-state index >= 15 is 0 Å². The molecule has 0 spiro atoms. The molecule has 0 saturated heterocycles. The van der Waals surface area contributed by atoms with Crippen molar-refractivity contribution in [3.63, 3.8) is 0 Å². The van der Waals surface area contributed by atoms with E-state index in [2.05, 4.69) is 27.9 Å². The lowest BCUT2D eigenvalue weighted by Crippen LogP contribution is -2.16. The number of benzene rings is 1. The van der Waals surface area contributed by atoms with Crippen LogP contribution in [0.1, 0.15) is 5.56 Å². The van der Waals surface area contributed by atoms with Crippen LogP contribution in [0.25, 0.3) is 0 Å². The molecule has 0 saturated carbocycles. The van der Waals surface area contributed by atoms with Gasteiger partial charge in [0.05, 0.1) is 6.61 Å². The number of nitrogens with one attached hydrogen (secondary N) is 1.